The fourth-order valence-corrected chi connectivity index (χ4v) is 2.83. The number of carbonyl (C=O) groups excluding carboxylic acids is 1. The predicted octanol–water partition coefficient (Wildman–Crippen LogP) is 0.979. The molecule has 122 valence electrons. The third-order valence-corrected chi connectivity index (χ3v) is 4.01. The highest BCUT2D eigenvalue weighted by Gasteiger charge is 2.17. The van der Waals surface area contributed by atoms with Gasteiger partial charge in [-0.3, -0.25) is 14.5 Å². The third-order valence-electron chi connectivity index (χ3n) is 4.01. The molecular weight excluding hydrogens is 294 g/mol. The summed E-state index contributed by atoms with van der Waals surface area (Å²) in [6.07, 6.45) is 0. The summed E-state index contributed by atoms with van der Waals surface area (Å²) in [5, 5.41) is 3.75. The summed E-state index contributed by atoms with van der Waals surface area (Å²) in [4.78, 5) is 29.5. The van der Waals surface area contributed by atoms with E-state index < -0.39 is 0 Å². The molecule has 3 rings (SSSR count). The zero-order valence-electron chi connectivity index (χ0n) is 13.2. The zero-order chi connectivity index (χ0) is 16.2. The largest absolute Gasteiger partial charge is 0.379 e. The molecule has 0 bridgehead atoms. The molecular formula is C17H21N3O3. The Morgan fingerprint density at radius 1 is 1.35 bits per heavy atom. The number of rotatable bonds is 4. The minimum atomic E-state index is -0.361. The molecule has 2 heterocycles. The standard InChI is InChI=1S/C17H21N3O3/c1-12(11-20-6-8-23-9-7-20)18-16(21)14-10-13-4-2-3-5-15(13)19-17(14)22/h2-5,10,12H,6-9,11H2,1H3,(H,18,21)(H,19,22)/t12-/m1/s1. The number of hydrogen-bond acceptors (Lipinski definition) is 4. The van der Waals surface area contributed by atoms with Crippen LogP contribution in [0, 0.1) is 0 Å². The van der Waals surface area contributed by atoms with E-state index in [4.69, 9.17) is 4.74 Å². The fourth-order valence-electron chi connectivity index (χ4n) is 2.83. The van der Waals surface area contributed by atoms with Crippen LogP contribution in [-0.4, -0.2) is 54.7 Å². The van der Waals surface area contributed by atoms with Crippen molar-refractivity contribution >= 4 is 16.8 Å². The van der Waals surface area contributed by atoms with Crippen molar-refractivity contribution in [3.05, 3.63) is 46.2 Å². The van der Waals surface area contributed by atoms with E-state index in [0.29, 0.717) is 0 Å². The Labute approximate surface area is 134 Å². The lowest BCUT2D eigenvalue weighted by Gasteiger charge is -2.29. The average molecular weight is 315 g/mol. The van der Waals surface area contributed by atoms with E-state index in [9.17, 15) is 9.59 Å². The number of ether oxygens (including phenoxy) is 1. The number of fused-ring (bicyclic) bond motifs is 1. The zero-order valence-corrected chi connectivity index (χ0v) is 13.2. The van der Waals surface area contributed by atoms with Crippen LogP contribution in [0.15, 0.2) is 35.1 Å². The number of benzene rings is 1. The molecule has 23 heavy (non-hydrogen) atoms. The summed E-state index contributed by atoms with van der Waals surface area (Å²) < 4.78 is 5.31. The molecule has 0 spiro atoms. The topological polar surface area (TPSA) is 74.4 Å². The van der Waals surface area contributed by atoms with Crippen LogP contribution in [0.2, 0.25) is 0 Å². The molecule has 2 aromatic rings. The van der Waals surface area contributed by atoms with Gasteiger partial charge >= 0.3 is 0 Å². The van der Waals surface area contributed by atoms with Crippen molar-refractivity contribution in [2.45, 2.75) is 13.0 Å². The maximum absolute atomic E-state index is 12.4. The molecule has 2 N–H and O–H groups in total. The fraction of sp³-hybridized carbons (Fsp3) is 0.412. The van der Waals surface area contributed by atoms with Gasteiger partial charge in [0.1, 0.15) is 5.56 Å². The first kappa shape index (κ1) is 15.7. The number of carbonyl (C=O) groups is 1. The first-order chi connectivity index (χ1) is 11.1. The Morgan fingerprint density at radius 3 is 2.87 bits per heavy atom. The molecule has 6 heteroatoms. The number of nitrogens with one attached hydrogen (secondary N) is 2. The van der Waals surface area contributed by atoms with Crippen molar-refractivity contribution in [1.29, 1.82) is 0 Å². The maximum atomic E-state index is 12.4. The summed E-state index contributed by atoms with van der Waals surface area (Å²) in [6, 6.07) is 9.03. The van der Waals surface area contributed by atoms with E-state index in [1.165, 1.54) is 0 Å². The number of H-pyrrole nitrogens is 1. The molecule has 0 unspecified atom stereocenters. The molecule has 1 fully saturated rings. The molecule has 6 nitrogen and oxygen atoms in total. The lowest BCUT2D eigenvalue weighted by atomic mass is 10.1. The van der Waals surface area contributed by atoms with Gasteiger partial charge in [-0.2, -0.15) is 0 Å². The van der Waals surface area contributed by atoms with Crippen molar-refractivity contribution < 1.29 is 9.53 Å². The second-order valence-corrected chi connectivity index (χ2v) is 5.89. The van der Waals surface area contributed by atoms with Crippen molar-refractivity contribution in [3.63, 3.8) is 0 Å². The number of aromatic nitrogens is 1. The second kappa shape index (κ2) is 6.93. The second-order valence-electron chi connectivity index (χ2n) is 5.89. The lowest BCUT2D eigenvalue weighted by Crippen LogP contribution is -2.46. The number of pyridine rings is 1. The summed E-state index contributed by atoms with van der Waals surface area (Å²) in [5.41, 5.74) is 0.521. The van der Waals surface area contributed by atoms with Crippen LogP contribution in [0.3, 0.4) is 0 Å². The molecule has 1 atom stereocenters. The quantitative estimate of drug-likeness (QED) is 0.882. The van der Waals surface area contributed by atoms with Crippen LogP contribution in [0.1, 0.15) is 17.3 Å². The van der Waals surface area contributed by atoms with Gasteiger partial charge in [0.05, 0.1) is 13.2 Å². The summed E-state index contributed by atoms with van der Waals surface area (Å²) >= 11 is 0. The van der Waals surface area contributed by atoms with Crippen molar-refractivity contribution in [1.82, 2.24) is 15.2 Å². The maximum Gasteiger partial charge on any atom is 0.261 e. The monoisotopic (exact) mass is 315 g/mol. The number of amides is 1. The molecule has 1 saturated heterocycles. The third kappa shape index (κ3) is 3.78. The summed E-state index contributed by atoms with van der Waals surface area (Å²) in [5.74, 6) is -0.335. The molecule has 1 aromatic heterocycles. The summed E-state index contributed by atoms with van der Waals surface area (Å²) in [7, 11) is 0. The Morgan fingerprint density at radius 2 is 2.09 bits per heavy atom. The molecule has 1 amide bonds. The Bertz CT molecular complexity index is 750. The van der Waals surface area contributed by atoms with E-state index in [1.54, 1.807) is 6.07 Å². The van der Waals surface area contributed by atoms with E-state index in [1.807, 2.05) is 31.2 Å². The van der Waals surface area contributed by atoms with Crippen LogP contribution in [-0.2, 0) is 4.74 Å². The van der Waals surface area contributed by atoms with Gasteiger partial charge in [0.2, 0.25) is 0 Å². The number of para-hydroxylation sites is 1. The number of aromatic amines is 1. The first-order valence-electron chi connectivity index (χ1n) is 7.86. The van der Waals surface area contributed by atoms with Gasteiger partial charge in [0.25, 0.3) is 11.5 Å². The molecule has 1 aromatic carbocycles. The van der Waals surface area contributed by atoms with E-state index in [-0.39, 0.29) is 23.1 Å². The van der Waals surface area contributed by atoms with Gasteiger partial charge in [-0.1, -0.05) is 18.2 Å². The molecule has 1 aliphatic heterocycles. The Balaban J connectivity index is 1.70. The van der Waals surface area contributed by atoms with Crippen LogP contribution >= 0.6 is 0 Å². The number of morpholine rings is 1. The van der Waals surface area contributed by atoms with Gasteiger partial charge in [0, 0.05) is 31.2 Å². The smallest absolute Gasteiger partial charge is 0.261 e. The highest BCUT2D eigenvalue weighted by Crippen LogP contribution is 2.10. The van der Waals surface area contributed by atoms with Crippen molar-refractivity contribution in [3.8, 4) is 0 Å². The van der Waals surface area contributed by atoms with Crippen LogP contribution in [0.4, 0.5) is 0 Å². The Hall–Kier alpha value is -2.18. The van der Waals surface area contributed by atoms with E-state index in [0.717, 1.165) is 43.8 Å². The minimum absolute atomic E-state index is 0.0357. The van der Waals surface area contributed by atoms with Gasteiger partial charge < -0.3 is 15.0 Å². The number of nitrogens with zero attached hydrogens (tertiary/aromatic N) is 1. The number of hydrogen-bond donors (Lipinski definition) is 2. The lowest BCUT2D eigenvalue weighted by molar-refractivity contribution is 0.0342. The van der Waals surface area contributed by atoms with Crippen molar-refractivity contribution in [2.24, 2.45) is 0 Å². The molecule has 0 aliphatic carbocycles. The highest BCUT2D eigenvalue weighted by molar-refractivity contribution is 5.97. The van der Waals surface area contributed by atoms with Gasteiger partial charge in [-0.05, 0) is 24.4 Å². The highest BCUT2D eigenvalue weighted by atomic mass is 16.5. The normalized spacial score (nSPS) is 17.1. The van der Waals surface area contributed by atoms with Crippen LogP contribution < -0.4 is 10.9 Å². The average Bonchev–Trinajstić information content (AvgIpc) is 2.55. The molecule has 1 aliphatic rings. The van der Waals surface area contributed by atoms with Crippen molar-refractivity contribution in [2.75, 3.05) is 32.8 Å². The SMILES string of the molecule is C[C@H](CN1CCOCC1)NC(=O)c1cc2ccccc2[nH]c1=O. The van der Waals surface area contributed by atoms with Crippen LogP contribution in [0.25, 0.3) is 10.9 Å². The van der Waals surface area contributed by atoms with Gasteiger partial charge in [-0.15, -0.1) is 0 Å². The minimum Gasteiger partial charge on any atom is -0.379 e. The Kier molecular flexibility index (Phi) is 4.73. The van der Waals surface area contributed by atoms with Crippen LogP contribution in [0.5, 0.6) is 0 Å². The van der Waals surface area contributed by atoms with E-state index in [2.05, 4.69) is 15.2 Å². The predicted molar refractivity (Wildman–Crippen MR) is 88.8 cm³/mol. The molecule has 0 radical (unpaired) electrons. The van der Waals surface area contributed by atoms with E-state index >= 15 is 0 Å². The first-order valence-corrected chi connectivity index (χ1v) is 7.86. The molecule has 0 saturated carbocycles. The van der Waals surface area contributed by atoms with Gasteiger partial charge in [-0.25, -0.2) is 0 Å². The summed E-state index contributed by atoms with van der Waals surface area (Å²) in [6.45, 7) is 5.90. The van der Waals surface area contributed by atoms with Gasteiger partial charge in [0.15, 0.2) is 0 Å².